The minimum absolute atomic E-state index is 0.0409. The van der Waals surface area contributed by atoms with Crippen LogP contribution in [0.3, 0.4) is 0 Å². The molecule has 4 nitrogen and oxygen atoms in total. The minimum atomic E-state index is 0.0409. The highest BCUT2D eigenvalue weighted by Gasteiger charge is 2.34. The highest BCUT2D eigenvalue weighted by molar-refractivity contribution is 7.99. The summed E-state index contributed by atoms with van der Waals surface area (Å²) in [7, 11) is 0. The van der Waals surface area contributed by atoms with E-state index in [1.807, 2.05) is 37.3 Å². The van der Waals surface area contributed by atoms with Gasteiger partial charge >= 0.3 is 0 Å². The van der Waals surface area contributed by atoms with E-state index < -0.39 is 0 Å². The zero-order chi connectivity index (χ0) is 16.5. The normalized spacial score (nSPS) is 25.6. The van der Waals surface area contributed by atoms with Crippen LogP contribution < -0.4 is 5.32 Å². The average Bonchev–Trinajstić information content (AvgIpc) is 3.01. The first-order chi connectivity index (χ1) is 11.7. The molecule has 1 aromatic carbocycles. The van der Waals surface area contributed by atoms with E-state index >= 15 is 0 Å². The summed E-state index contributed by atoms with van der Waals surface area (Å²) < 4.78 is 5.45. The molecule has 3 aliphatic heterocycles. The summed E-state index contributed by atoms with van der Waals surface area (Å²) in [5.41, 5.74) is 1.84. The molecule has 1 amide bonds. The number of nitrogens with one attached hydrogen (secondary N) is 1. The van der Waals surface area contributed by atoms with Gasteiger partial charge in [0.25, 0.3) is 5.91 Å². The molecule has 3 saturated heterocycles. The first kappa shape index (κ1) is 15.8. The molecule has 0 saturated carbocycles. The number of carbonyl (C=O) groups is 1. The van der Waals surface area contributed by atoms with Crippen LogP contribution in [0.15, 0.2) is 51.0 Å². The van der Waals surface area contributed by atoms with E-state index in [2.05, 4.69) is 10.2 Å². The van der Waals surface area contributed by atoms with Crippen LogP contribution in [-0.2, 0) is 0 Å². The van der Waals surface area contributed by atoms with Gasteiger partial charge in [-0.2, -0.15) is 0 Å². The van der Waals surface area contributed by atoms with Gasteiger partial charge in [-0.05, 0) is 74.7 Å². The molecule has 1 aromatic heterocycles. The van der Waals surface area contributed by atoms with Crippen molar-refractivity contribution in [2.45, 2.75) is 35.8 Å². The van der Waals surface area contributed by atoms with Crippen molar-refractivity contribution in [1.82, 2.24) is 10.2 Å². The van der Waals surface area contributed by atoms with E-state index in [1.165, 1.54) is 25.9 Å². The Kier molecular flexibility index (Phi) is 4.37. The molecule has 2 bridgehead atoms. The average molecular weight is 342 g/mol. The van der Waals surface area contributed by atoms with Crippen molar-refractivity contribution in [2.24, 2.45) is 5.92 Å². The number of amides is 1. The van der Waals surface area contributed by atoms with Gasteiger partial charge in [0.1, 0.15) is 0 Å². The standard InChI is InChI=1S/C19H22N2O2S/c1-13-10-18(23-12-13)24-16-4-2-15(3-5-16)19(22)20-17-11-21-8-6-14(17)7-9-21/h2-5,10,12,14,17H,6-9,11H2,1H3,(H,20,22)/t17-/m0/s1. The minimum Gasteiger partial charge on any atom is -0.458 e. The SMILES string of the molecule is Cc1coc(Sc2ccc(C(=O)N[C@H]3CN4CCC3CC4)cc2)c1. The highest BCUT2D eigenvalue weighted by atomic mass is 32.2. The fraction of sp³-hybridized carbons (Fsp3) is 0.421. The molecule has 24 heavy (non-hydrogen) atoms. The maximum Gasteiger partial charge on any atom is 0.251 e. The van der Waals surface area contributed by atoms with Crippen LogP contribution in [0.25, 0.3) is 0 Å². The summed E-state index contributed by atoms with van der Waals surface area (Å²) in [5.74, 6) is 0.690. The summed E-state index contributed by atoms with van der Waals surface area (Å²) in [6.45, 7) is 5.39. The second kappa shape index (κ2) is 6.65. The number of carbonyl (C=O) groups excluding carboxylic acids is 1. The van der Waals surface area contributed by atoms with Gasteiger partial charge in [-0.3, -0.25) is 4.79 Å². The smallest absolute Gasteiger partial charge is 0.251 e. The zero-order valence-electron chi connectivity index (χ0n) is 13.8. The number of furan rings is 1. The lowest BCUT2D eigenvalue weighted by Crippen LogP contribution is -2.57. The first-order valence-corrected chi connectivity index (χ1v) is 9.35. The second-order valence-corrected chi connectivity index (χ2v) is 7.87. The van der Waals surface area contributed by atoms with Crippen LogP contribution in [0.5, 0.6) is 0 Å². The van der Waals surface area contributed by atoms with Gasteiger partial charge < -0.3 is 14.6 Å². The van der Waals surface area contributed by atoms with Crippen molar-refractivity contribution < 1.29 is 9.21 Å². The van der Waals surface area contributed by atoms with Gasteiger partial charge in [0.05, 0.1) is 6.26 Å². The molecule has 3 aliphatic rings. The van der Waals surface area contributed by atoms with Gasteiger partial charge in [-0.15, -0.1) is 0 Å². The number of rotatable bonds is 4. The van der Waals surface area contributed by atoms with Crippen molar-refractivity contribution in [3.8, 4) is 0 Å². The van der Waals surface area contributed by atoms with Gasteiger partial charge in [0, 0.05) is 23.0 Å². The Balaban J connectivity index is 1.38. The summed E-state index contributed by atoms with van der Waals surface area (Å²) >= 11 is 1.57. The molecular weight excluding hydrogens is 320 g/mol. The Morgan fingerprint density at radius 2 is 2.00 bits per heavy atom. The number of benzene rings is 1. The van der Waals surface area contributed by atoms with Gasteiger partial charge in [-0.1, -0.05) is 11.8 Å². The summed E-state index contributed by atoms with van der Waals surface area (Å²) in [6, 6.07) is 10.1. The maximum atomic E-state index is 12.5. The first-order valence-electron chi connectivity index (χ1n) is 8.54. The Morgan fingerprint density at radius 1 is 1.25 bits per heavy atom. The third-order valence-corrected chi connectivity index (χ3v) is 5.94. The molecule has 0 radical (unpaired) electrons. The molecule has 0 aliphatic carbocycles. The molecule has 3 fully saturated rings. The molecule has 5 heteroatoms. The quantitative estimate of drug-likeness (QED) is 0.923. The van der Waals surface area contributed by atoms with Crippen LogP contribution in [0.2, 0.25) is 0 Å². The molecule has 0 spiro atoms. The number of piperidine rings is 3. The topological polar surface area (TPSA) is 45.5 Å². The Bertz CT molecular complexity index is 717. The largest absolute Gasteiger partial charge is 0.458 e. The molecule has 0 unspecified atom stereocenters. The van der Waals surface area contributed by atoms with E-state index in [9.17, 15) is 4.79 Å². The van der Waals surface area contributed by atoms with Crippen molar-refractivity contribution in [3.05, 3.63) is 47.7 Å². The van der Waals surface area contributed by atoms with E-state index in [4.69, 9.17) is 4.42 Å². The predicted molar refractivity (Wildman–Crippen MR) is 94.4 cm³/mol. The third-order valence-electron chi connectivity index (χ3n) is 5.01. The Hall–Kier alpha value is -1.72. The number of hydrogen-bond acceptors (Lipinski definition) is 4. The Morgan fingerprint density at radius 3 is 2.58 bits per heavy atom. The molecule has 4 heterocycles. The fourth-order valence-electron chi connectivity index (χ4n) is 3.63. The number of nitrogens with zero attached hydrogens (tertiary/aromatic N) is 1. The van der Waals surface area contributed by atoms with Gasteiger partial charge in [-0.25, -0.2) is 0 Å². The lowest BCUT2D eigenvalue weighted by molar-refractivity contribution is 0.0620. The third kappa shape index (κ3) is 3.37. The van der Waals surface area contributed by atoms with Crippen LogP contribution in [0.1, 0.15) is 28.8 Å². The molecular formula is C19H22N2O2S. The fourth-order valence-corrected chi connectivity index (χ4v) is 4.47. The second-order valence-electron chi connectivity index (χ2n) is 6.79. The molecule has 2 aromatic rings. The van der Waals surface area contributed by atoms with E-state index in [1.54, 1.807) is 18.0 Å². The van der Waals surface area contributed by atoms with Crippen LogP contribution in [0, 0.1) is 12.8 Å². The Labute approximate surface area is 146 Å². The number of aryl methyl sites for hydroxylation is 1. The summed E-state index contributed by atoms with van der Waals surface area (Å²) in [4.78, 5) is 16.0. The molecule has 1 N–H and O–H groups in total. The lowest BCUT2D eigenvalue weighted by Gasteiger charge is -2.44. The number of fused-ring (bicyclic) bond motifs is 3. The van der Waals surface area contributed by atoms with Crippen molar-refractivity contribution in [2.75, 3.05) is 19.6 Å². The van der Waals surface area contributed by atoms with Gasteiger partial charge in [0.15, 0.2) is 5.09 Å². The summed E-state index contributed by atoms with van der Waals surface area (Å²) in [5, 5.41) is 4.11. The van der Waals surface area contributed by atoms with E-state index in [0.29, 0.717) is 12.0 Å². The summed E-state index contributed by atoms with van der Waals surface area (Å²) in [6.07, 6.45) is 4.17. The predicted octanol–water partition coefficient (Wildman–Crippen LogP) is 3.56. The molecule has 126 valence electrons. The van der Waals surface area contributed by atoms with Crippen molar-refractivity contribution in [3.63, 3.8) is 0 Å². The van der Waals surface area contributed by atoms with Crippen molar-refractivity contribution in [1.29, 1.82) is 0 Å². The van der Waals surface area contributed by atoms with E-state index in [-0.39, 0.29) is 5.91 Å². The molecule has 5 rings (SSSR count). The lowest BCUT2D eigenvalue weighted by atomic mass is 9.84. The number of hydrogen-bond donors (Lipinski definition) is 1. The van der Waals surface area contributed by atoms with Crippen molar-refractivity contribution >= 4 is 17.7 Å². The molecule has 1 atom stereocenters. The van der Waals surface area contributed by atoms with Crippen LogP contribution in [0.4, 0.5) is 0 Å². The van der Waals surface area contributed by atoms with Crippen LogP contribution in [-0.4, -0.2) is 36.5 Å². The van der Waals surface area contributed by atoms with Crippen LogP contribution >= 0.6 is 11.8 Å². The zero-order valence-corrected chi connectivity index (χ0v) is 14.6. The monoisotopic (exact) mass is 342 g/mol. The maximum absolute atomic E-state index is 12.5. The highest BCUT2D eigenvalue weighted by Crippen LogP contribution is 2.30. The van der Waals surface area contributed by atoms with E-state index in [0.717, 1.165) is 27.7 Å². The van der Waals surface area contributed by atoms with Gasteiger partial charge in [0.2, 0.25) is 0 Å².